The zero-order valence-corrected chi connectivity index (χ0v) is 71.8. The molecule has 1 aromatic heterocycles. The van der Waals surface area contributed by atoms with E-state index in [-0.39, 0.29) is 54.2 Å². The first-order chi connectivity index (χ1) is 54.2. The minimum atomic E-state index is -0.609. The number of pyridine rings is 1. The fourth-order valence-electron chi connectivity index (χ4n) is 13.3. The normalized spacial score (nSPS) is 19.0. The number of rotatable bonds is 27. The van der Waals surface area contributed by atoms with Crippen molar-refractivity contribution in [3.63, 3.8) is 0 Å². The van der Waals surface area contributed by atoms with Gasteiger partial charge in [-0.3, -0.25) is 24.9 Å². The molecule has 5 heterocycles. The molecule has 4 fully saturated rings. The quantitative estimate of drug-likeness (QED) is 0.0168. The maximum absolute atomic E-state index is 12.2. The SMILES string of the molecule is CC(=O)OC(C)C[N+](C)(C)C.CC(=O)[C@@H]1C[C@H]2CCCC[C@H]2CN1C[C@@H](O)[C@@H](N)Cc1ccccc1.CC(C)(C)NC[C@H](O)COc1cc(Cl)ccc1Cl.CC(C)(CO)NC[C@H](O)c1ccccc1.N=C1SCCN1C[C@H](O)c1ccccc1.O[C@@H](CNc1ccccn1)c1ccccc1.c1ccc([C@@H]2CN3CCSC3=N2)cc1. The number of nitrogens with zero attached hydrogens (tertiary/aromatic N) is 6. The number of hydrogen-bond acceptors (Lipinski definition) is 21. The molecule has 1 unspecified atom stereocenters. The highest BCUT2D eigenvalue weighted by Crippen LogP contribution is 2.39. The van der Waals surface area contributed by atoms with E-state index in [1.54, 1.807) is 43.1 Å². The number of β-amino-alcohol motifs (C(OH)–C–C–N with tert-alkyl or cyclic N) is 4. The van der Waals surface area contributed by atoms with Crippen LogP contribution in [0.15, 0.2) is 199 Å². The number of likely N-dealkylation sites (tertiary alicyclic amines) is 1. The molecule has 11 atom stereocenters. The lowest BCUT2D eigenvalue weighted by Gasteiger charge is -2.46. The topological polar surface area (TPSA) is 295 Å². The van der Waals surface area contributed by atoms with Crippen LogP contribution in [0.5, 0.6) is 5.75 Å². The predicted octanol–water partition coefficient (Wildman–Crippen LogP) is 13.3. The second-order valence-corrected chi connectivity index (χ2v) is 35.1. The number of aromatic nitrogens is 1. The molecule has 0 spiro atoms. The van der Waals surface area contributed by atoms with Crippen molar-refractivity contribution in [2.75, 3.05) is 117 Å². The number of aliphatic hydroxyl groups excluding tert-OH is 6. The third-order valence-corrected chi connectivity index (χ3v) is 21.9. The molecule has 624 valence electrons. The van der Waals surface area contributed by atoms with Gasteiger partial charge in [-0.05, 0) is 132 Å². The van der Waals surface area contributed by atoms with Crippen molar-refractivity contribution in [1.29, 1.82) is 5.41 Å². The van der Waals surface area contributed by atoms with Gasteiger partial charge in [0, 0.05) is 112 Å². The zero-order chi connectivity index (χ0) is 83.2. The monoisotopic (exact) mass is 1640 g/mol. The van der Waals surface area contributed by atoms with E-state index in [1.807, 2.05) is 198 Å². The number of ketones is 1. The van der Waals surface area contributed by atoms with Crippen LogP contribution < -0.4 is 26.4 Å². The third kappa shape index (κ3) is 37.1. The van der Waals surface area contributed by atoms with Gasteiger partial charge >= 0.3 is 5.97 Å². The molecule has 12 N–H and O–H groups in total. The molecule has 5 aliphatic rings. The van der Waals surface area contributed by atoms with Crippen molar-refractivity contribution in [1.82, 2.24) is 30.3 Å². The van der Waals surface area contributed by atoms with Gasteiger partial charge in [0.15, 0.2) is 10.3 Å². The Morgan fingerprint density at radius 1 is 0.684 bits per heavy atom. The molecule has 0 bridgehead atoms. The molecule has 6 aromatic carbocycles. The highest BCUT2D eigenvalue weighted by atomic mass is 35.5. The minimum Gasteiger partial charge on any atom is -0.489 e. The number of nitrogens with two attached hydrogens (primary N) is 1. The standard InChI is InChI=1S/C21H32N2O2.C13H19Cl2NO2.C13H14N2O.C12H19NO2.C11H14N2OS.C11H12N2S.C8H18NO2/c1-15(24)20-12-17-9-5-6-10-18(17)13-23(20)14-21(25)19(22)11-16-7-3-2-4-8-16;1-13(2,3)16-7-10(17)8-18-12-6-9(14)4-5-11(12)15;16-12(11-6-2-1-3-7-11)10-15-13-8-4-5-9-14-13;1-12(2,9-14)13-8-11(15)10-6-4-3-5-7-10;12-11-13(6-7-15-11)8-10(14)9-4-2-1-3-5-9;1-2-4-9(5-3-1)10-8-13-6-7-14-11(13)12-10;1-7(11-8(2)10)6-9(3,4)5/h2-4,7-8,17-21,25H,5-6,9-14,22H2,1H3;4-6,10,16-17H,7-8H2,1-3H3;1-9,12,16H,10H2,(H,14,15);3-7,11,13-15H,8-9H2,1-2H3;1-5,10,12,14H,6-8H2;1-5,10H,6-8H2;7H,6H2,1-5H3/q;;;;;;+1/t17-,18+,19+,20+,21-;10-;12-;11-;2*10-;/m100000./s1. The van der Waals surface area contributed by atoms with Crippen LogP contribution in [-0.2, 0) is 20.7 Å². The van der Waals surface area contributed by atoms with E-state index in [4.69, 9.17) is 53.9 Å². The van der Waals surface area contributed by atoms with Crippen molar-refractivity contribution >= 4 is 74.6 Å². The lowest BCUT2D eigenvalue weighted by Crippen LogP contribution is -2.55. The van der Waals surface area contributed by atoms with Crippen LogP contribution in [0.1, 0.15) is 140 Å². The van der Waals surface area contributed by atoms with Crippen LogP contribution in [0.25, 0.3) is 0 Å². The van der Waals surface area contributed by atoms with Crippen LogP contribution in [0.2, 0.25) is 10.0 Å². The Bertz CT molecular complexity index is 3880. The first kappa shape index (κ1) is 95.8. The summed E-state index contributed by atoms with van der Waals surface area (Å²) in [6, 6.07) is 59.9. The Morgan fingerprint density at radius 3 is 1.78 bits per heavy atom. The van der Waals surface area contributed by atoms with Crippen LogP contribution in [0, 0.1) is 17.2 Å². The molecular formula is C89H128Cl2N11O10S2+. The van der Waals surface area contributed by atoms with E-state index in [9.17, 15) is 35.1 Å². The van der Waals surface area contributed by atoms with Gasteiger partial charge in [-0.1, -0.05) is 224 Å². The molecular weight excluding hydrogens is 1520 g/mol. The number of anilines is 1. The number of nitrogens with one attached hydrogen (secondary N) is 4. The lowest BCUT2D eigenvalue weighted by molar-refractivity contribution is -0.873. The summed E-state index contributed by atoms with van der Waals surface area (Å²) in [7, 11) is 6.21. The Kier molecular flexibility index (Phi) is 42.0. The van der Waals surface area contributed by atoms with E-state index < -0.39 is 30.5 Å². The summed E-state index contributed by atoms with van der Waals surface area (Å²) >= 11 is 15.2. The number of esters is 1. The van der Waals surface area contributed by atoms with Gasteiger partial charge in [-0.2, -0.15) is 0 Å². The summed E-state index contributed by atoms with van der Waals surface area (Å²) in [6.07, 6.45) is 5.73. The van der Waals surface area contributed by atoms with E-state index in [1.165, 1.54) is 55.6 Å². The molecule has 0 radical (unpaired) electrons. The average Bonchev–Trinajstić information content (AvgIpc) is 1.43. The van der Waals surface area contributed by atoms with Crippen molar-refractivity contribution in [3.8, 4) is 5.75 Å². The summed E-state index contributed by atoms with van der Waals surface area (Å²) in [5.74, 6) is 4.83. The lowest BCUT2D eigenvalue weighted by atomic mass is 9.72. The first-order valence-electron chi connectivity index (χ1n) is 39.6. The fraction of sp³-hybridized carbons (Fsp3) is 0.494. The number of fused-ring (bicyclic) bond motifs is 2. The smallest absolute Gasteiger partial charge is 0.303 e. The molecule has 0 amide bonds. The number of aliphatic hydroxyl groups is 6. The summed E-state index contributed by atoms with van der Waals surface area (Å²) in [5.41, 5.74) is 11.1. The number of Topliss-reactive ketones (excluding diaryl/α,β-unsaturated/α-hetero) is 1. The Morgan fingerprint density at radius 2 is 1.25 bits per heavy atom. The highest BCUT2D eigenvalue weighted by molar-refractivity contribution is 8.14. The summed E-state index contributed by atoms with van der Waals surface area (Å²) < 4.78 is 11.2. The van der Waals surface area contributed by atoms with Gasteiger partial charge in [0.05, 0.1) is 69.3 Å². The number of halogens is 2. The molecule has 21 nitrogen and oxygen atoms in total. The summed E-state index contributed by atoms with van der Waals surface area (Å²) in [5, 5.41) is 79.0. The van der Waals surface area contributed by atoms with Crippen molar-refractivity contribution in [2.24, 2.45) is 22.6 Å². The summed E-state index contributed by atoms with van der Waals surface area (Å²) in [6.45, 7) is 22.4. The number of carbonyl (C=O) groups excluding carboxylic acids is 2. The van der Waals surface area contributed by atoms with Crippen molar-refractivity contribution in [2.45, 2.75) is 160 Å². The number of benzene rings is 6. The van der Waals surface area contributed by atoms with E-state index >= 15 is 0 Å². The van der Waals surface area contributed by atoms with Crippen LogP contribution in [-0.4, -0.2) is 230 Å². The Labute approximate surface area is 697 Å². The number of likely N-dealkylation sites (N-methyl/N-ethyl adjacent to an activating group) is 1. The van der Waals surface area contributed by atoms with E-state index in [2.05, 4.69) is 82.2 Å². The molecule has 4 aliphatic heterocycles. The van der Waals surface area contributed by atoms with Crippen molar-refractivity contribution in [3.05, 3.63) is 232 Å². The maximum atomic E-state index is 12.2. The fourth-order valence-corrected chi connectivity index (χ4v) is 15.6. The van der Waals surface area contributed by atoms with E-state index in [0.717, 1.165) is 70.9 Å². The van der Waals surface area contributed by atoms with Crippen LogP contribution >= 0.6 is 46.7 Å². The van der Waals surface area contributed by atoms with Gasteiger partial charge in [0.25, 0.3) is 0 Å². The van der Waals surface area contributed by atoms with Gasteiger partial charge < -0.3 is 76.1 Å². The molecule has 12 rings (SSSR count). The van der Waals surface area contributed by atoms with Gasteiger partial charge in [0.1, 0.15) is 42.7 Å². The molecule has 114 heavy (non-hydrogen) atoms. The molecule has 3 saturated heterocycles. The number of quaternary nitrogens is 1. The molecule has 1 aliphatic carbocycles. The average molecular weight is 1650 g/mol. The predicted molar refractivity (Wildman–Crippen MR) is 469 cm³/mol. The second-order valence-electron chi connectivity index (χ2n) is 32.1. The van der Waals surface area contributed by atoms with Gasteiger partial charge in [-0.15, -0.1) is 0 Å². The highest BCUT2D eigenvalue weighted by Gasteiger charge is 2.40. The number of hydrogen-bond donors (Lipinski definition) is 11. The molecule has 25 heteroatoms. The Balaban J connectivity index is 0.000000210. The largest absolute Gasteiger partial charge is 0.489 e. The number of aliphatic imine (C=N–C) groups is 1. The number of ether oxygens (including phenoxy) is 2. The number of amidine groups is 2. The maximum Gasteiger partial charge on any atom is 0.303 e. The molecule has 1 saturated carbocycles. The summed E-state index contributed by atoms with van der Waals surface area (Å²) in [4.78, 5) is 38.1. The van der Waals surface area contributed by atoms with Gasteiger partial charge in [-0.25, -0.2) is 4.98 Å². The third-order valence-electron chi connectivity index (χ3n) is 19.4. The van der Waals surface area contributed by atoms with E-state index in [0.29, 0.717) is 78.0 Å². The molecule has 7 aromatic rings. The minimum absolute atomic E-state index is 0.00694. The van der Waals surface area contributed by atoms with Crippen molar-refractivity contribution < 1.29 is 54.2 Å². The second kappa shape index (κ2) is 49.9. The Hall–Kier alpha value is -7.01. The number of thioether (sulfide) groups is 2. The zero-order valence-electron chi connectivity index (χ0n) is 68.6. The first-order valence-corrected chi connectivity index (χ1v) is 42.3. The van der Waals surface area contributed by atoms with Crippen LogP contribution in [0.3, 0.4) is 0 Å². The number of carbonyl (C=O) groups is 2. The number of piperidine rings is 1. The van der Waals surface area contributed by atoms with Gasteiger partial charge in [0.2, 0.25) is 0 Å². The van der Waals surface area contributed by atoms with Crippen LogP contribution in [0.4, 0.5) is 5.82 Å².